The van der Waals surface area contributed by atoms with E-state index in [0.29, 0.717) is 43.2 Å². The van der Waals surface area contributed by atoms with Crippen LogP contribution in [0.4, 0.5) is 0 Å². The van der Waals surface area contributed by atoms with Gasteiger partial charge in [0.1, 0.15) is 6.10 Å². The Hall–Kier alpha value is -2.74. The molecule has 1 aliphatic rings. The number of ether oxygens (including phenoxy) is 3. The molecule has 0 aliphatic carbocycles. The van der Waals surface area contributed by atoms with Crippen molar-refractivity contribution in [3.8, 4) is 17.2 Å². The quantitative estimate of drug-likeness (QED) is 0.618. The number of benzene rings is 2. The Morgan fingerprint density at radius 2 is 1.58 bits per heavy atom. The summed E-state index contributed by atoms with van der Waals surface area (Å²) in [6.45, 7) is 2.94. The highest BCUT2D eigenvalue weighted by atomic mass is 32.2. The summed E-state index contributed by atoms with van der Waals surface area (Å²) in [6, 6.07) is 12.1. The number of amides is 1. The van der Waals surface area contributed by atoms with Crippen LogP contribution in [0.15, 0.2) is 47.4 Å². The summed E-state index contributed by atoms with van der Waals surface area (Å²) in [5, 5.41) is 0. The van der Waals surface area contributed by atoms with Crippen molar-refractivity contribution >= 4 is 15.7 Å². The van der Waals surface area contributed by atoms with Crippen LogP contribution in [-0.4, -0.2) is 58.4 Å². The number of carbonyl (C=O) groups is 1. The van der Waals surface area contributed by atoms with Gasteiger partial charge in [-0.3, -0.25) is 4.79 Å². The predicted molar refractivity (Wildman–Crippen MR) is 118 cm³/mol. The first-order valence-corrected chi connectivity index (χ1v) is 11.9. The first-order chi connectivity index (χ1) is 14.8. The molecule has 0 spiro atoms. The fourth-order valence-electron chi connectivity index (χ4n) is 3.57. The van der Waals surface area contributed by atoms with Crippen LogP contribution in [0.5, 0.6) is 17.2 Å². The third-order valence-corrected chi connectivity index (χ3v) is 7.16. The lowest BCUT2D eigenvalue weighted by Gasteiger charge is -2.32. The summed E-state index contributed by atoms with van der Waals surface area (Å²) in [7, 11) is -0.324. The van der Waals surface area contributed by atoms with E-state index in [2.05, 4.69) is 0 Å². The van der Waals surface area contributed by atoms with Gasteiger partial charge < -0.3 is 19.1 Å². The van der Waals surface area contributed by atoms with Gasteiger partial charge in [0, 0.05) is 32.4 Å². The van der Waals surface area contributed by atoms with E-state index in [1.807, 2.05) is 25.1 Å². The van der Waals surface area contributed by atoms with Crippen molar-refractivity contribution in [2.45, 2.75) is 37.2 Å². The number of sulfone groups is 1. The standard InChI is InChI=1S/C23H29NO6S/c1-17-7-9-19(10-8-17)31(26,27)16-13-22(25)24-14-11-18(12-15-24)30-23-20(28-2)5-4-6-21(23)29-3/h4-10,18H,11-16H2,1-3H3. The number of nitrogens with zero attached hydrogens (tertiary/aromatic N) is 1. The lowest BCUT2D eigenvalue weighted by Crippen LogP contribution is -2.42. The summed E-state index contributed by atoms with van der Waals surface area (Å²) in [4.78, 5) is 14.5. The van der Waals surface area contributed by atoms with Gasteiger partial charge in [0.25, 0.3) is 0 Å². The van der Waals surface area contributed by atoms with Gasteiger partial charge in [-0.2, -0.15) is 0 Å². The molecule has 3 rings (SSSR count). The molecule has 0 atom stereocenters. The van der Waals surface area contributed by atoms with Crippen LogP contribution >= 0.6 is 0 Å². The predicted octanol–water partition coefficient (Wildman–Crippen LogP) is 3.25. The van der Waals surface area contributed by atoms with E-state index in [-0.39, 0.29) is 29.1 Å². The van der Waals surface area contributed by atoms with Crippen molar-refractivity contribution in [3.05, 3.63) is 48.0 Å². The first kappa shape index (κ1) is 22.9. The van der Waals surface area contributed by atoms with Crippen LogP contribution in [0.1, 0.15) is 24.8 Å². The molecule has 168 valence electrons. The fraction of sp³-hybridized carbons (Fsp3) is 0.435. The number of para-hydroxylation sites is 1. The molecule has 0 N–H and O–H groups in total. The molecule has 8 heteroatoms. The average molecular weight is 448 g/mol. The summed E-state index contributed by atoms with van der Waals surface area (Å²) < 4.78 is 41.8. The highest BCUT2D eigenvalue weighted by molar-refractivity contribution is 7.91. The number of carbonyl (C=O) groups excluding carboxylic acids is 1. The second-order valence-electron chi connectivity index (χ2n) is 7.57. The molecular formula is C23H29NO6S. The van der Waals surface area contributed by atoms with E-state index >= 15 is 0 Å². The van der Waals surface area contributed by atoms with E-state index in [1.54, 1.807) is 43.4 Å². The maximum absolute atomic E-state index is 12.6. The molecule has 2 aromatic carbocycles. The monoisotopic (exact) mass is 447 g/mol. The number of piperidine rings is 1. The van der Waals surface area contributed by atoms with Crippen LogP contribution in [0.2, 0.25) is 0 Å². The summed E-state index contributed by atoms with van der Waals surface area (Å²) in [6.07, 6.45) is 1.20. The van der Waals surface area contributed by atoms with E-state index in [4.69, 9.17) is 14.2 Å². The van der Waals surface area contributed by atoms with Gasteiger partial charge in [0.15, 0.2) is 21.3 Å². The summed E-state index contributed by atoms with van der Waals surface area (Å²) in [5.41, 5.74) is 0.992. The second-order valence-corrected chi connectivity index (χ2v) is 9.68. The largest absolute Gasteiger partial charge is 0.493 e. The van der Waals surface area contributed by atoms with Gasteiger partial charge in [-0.25, -0.2) is 8.42 Å². The zero-order chi connectivity index (χ0) is 22.4. The Balaban J connectivity index is 1.53. The molecule has 0 saturated carbocycles. The third-order valence-electron chi connectivity index (χ3n) is 5.43. The molecule has 0 aromatic heterocycles. The number of aryl methyl sites for hydroxylation is 1. The summed E-state index contributed by atoms with van der Waals surface area (Å²) in [5.74, 6) is 1.41. The zero-order valence-electron chi connectivity index (χ0n) is 18.2. The topological polar surface area (TPSA) is 82.1 Å². The normalized spacial score (nSPS) is 14.9. The highest BCUT2D eigenvalue weighted by Gasteiger charge is 2.27. The maximum atomic E-state index is 12.6. The molecule has 31 heavy (non-hydrogen) atoms. The van der Waals surface area contributed by atoms with E-state index in [1.165, 1.54) is 0 Å². The number of hydrogen-bond donors (Lipinski definition) is 0. The average Bonchev–Trinajstić information content (AvgIpc) is 2.78. The lowest BCUT2D eigenvalue weighted by molar-refractivity contribution is -0.132. The molecule has 0 bridgehead atoms. The molecule has 1 aliphatic heterocycles. The van der Waals surface area contributed by atoms with Gasteiger partial charge in [-0.15, -0.1) is 0 Å². The minimum atomic E-state index is -3.48. The molecule has 1 fully saturated rings. The molecule has 0 unspecified atom stereocenters. The van der Waals surface area contributed by atoms with Crippen LogP contribution in [-0.2, 0) is 14.6 Å². The number of likely N-dealkylation sites (tertiary alicyclic amines) is 1. The van der Waals surface area contributed by atoms with Crippen LogP contribution < -0.4 is 14.2 Å². The van der Waals surface area contributed by atoms with Crippen molar-refractivity contribution < 1.29 is 27.4 Å². The minimum Gasteiger partial charge on any atom is -0.493 e. The molecule has 1 heterocycles. The van der Waals surface area contributed by atoms with E-state index in [0.717, 1.165) is 5.56 Å². The number of rotatable bonds is 8. The van der Waals surface area contributed by atoms with Gasteiger partial charge >= 0.3 is 0 Å². The molecular weight excluding hydrogens is 418 g/mol. The third kappa shape index (κ3) is 5.70. The van der Waals surface area contributed by atoms with Crippen LogP contribution in [0.3, 0.4) is 0 Å². The Labute approximate surface area is 183 Å². The molecule has 7 nitrogen and oxygen atoms in total. The Morgan fingerprint density at radius 3 is 2.13 bits per heavy atom. The minimum absolute atomic E-state index is 0.0257. The number of hydrogen-bond acceptors (Lipinski definition) is 6. The Kier molecular flexibility index (Phi) is 7.43. The van der Waals surface area contributed by atoms with Crippen molar-refractivity contribution in [3.63, 3.8) is 0 Å². The van der Waals surface area contributed by atoms with E-state index in [9.17, 15) is 13.2 Å². The SMILES string of the molecule is COc1cccc(OC)c1OC1CCN(C(=O)CCS(=O)(=O)c2ccc(C)cc2)CC1. The van der Waals surface area contributed by atoms with Crippen molar-refractivity contribution in [1.82, 2.24) is 4.90 Å². The lowest BCUT2D eigenvalue weighted by atomic mass is 10.1. The van der Waals surface area contributed by atoms with Gasteiger partial charge in [-0.1, -0.05) is 23.8 Å². The van der Waals surface area contributed by atoms with Gasteiger partial charge in [-0.05, 0) is 31.2 Å². The van der Waals surface area contributed by atoms with Crippen molar-refractivity contribution in [2.75, 3.05) is 33.1 Å². The van der Waals surface area contributed by atoms with Crippen LogP contribution in [0, 0.1) is 6.92 Å². The van der Waals surface area contributed by atoms with Gasteiger partial charge in [0.05, 0.1) is 24.9 Å². The Bertz CT molecular complexity index is 973. The van der Waals surface area contributed by atoms with Gasteiger partial charge in [0.2, 0.25) is 11.7 Å². The van der Waals surface area contributed by atoms with Crippen molar-refractivity contribution in [1.29, 1.82) is 0 Å². The first-order valence-electron chi connectivity index (χ1n) is 10.3. The molecule has 1 saturated heterocycles. The second kappa shape index (κ2) is 10.0. The Morgan fingerprint density at radius 1 is 1.00 bits per heavy atom. The number of methoxy groups -OCH3 is 2. The molecule has 2 aromatic rings. The molecule has 0 radical (unpaired) electrons. The van der Waals surface area contributed by atoms with Crippen molar-refractivity contribution in [2.24, 2.45) is 0 Å². The zero-order valence-corrected chi connectivity index (χ0v) is 19.0. The smallest absolute Gasteiger partial charge is 0.223 e. The maximum Gasteiger partial charge on any atom is 0.223 e. The molecule has 1 amide bonds. The highest BCUT2D eigenvalue weighted by Crippen LogP contribution is 2.38. The fourth-order valence-corrected chi connectivity index (χ4v) is 4.80. The van der Waals surface area contributed by atoms with Crippen LogP contribution in [0.25, 0.3) is 0 Å². The van der Waals surface area contributed by atoms with E-state index < -0.39 is 9.84 Å². The summed E-state index contributed by atoms with van der Waals surface area (Å²) >= 11 is 0.